The quantitative estimate of drug-likeness (QED) is 0.880. The second kappa shape index (κ2) is 4.88. The molecular formula is C14H20N2O. The topological polar surface area (TPSA) is 52.0 Å². The number of nitrogens with two attached hydrogens (primary N) is 1. The Kier molecular flexibility index (Phi) is 3.48. The monoisotopic (exact) mass is 232 g/mol. The Morgan fingerprint density at radius 2 is 2.12 bits per heavy atom. The molecule has 0 saturated heterocycles. The first-order valence-corrected chi connectivity index (χ1v) is 6.19. The van der Waals surface area contributed by atoms with Crippen LogP contribution in [0.3, 0.4) is 0 Å². The molecule has 0 saturated carbocycles. The van der Waals surface area contributed by atoms with Gasteiger partial charge < -0.3 is 10.2 Å². The summed E-state index contributed by atoms with van der Waals surface area (Å²) < 4.78 is 5.49. The second-order valence-electron chi connectivity index (χ2n) is 4.89. The van der Waals surface area contributed by atoms with Crippen LogP contribution in [0.15, 0.2) is 22.6 Å². The van der Waals surface area contributed by atoms with Crippen LogP contribution in [0.1, 0.15) is 37.6 Å². The standard InChI is InChI=1S/C14H20N2O/c1-9(2)12(6-7-15)11-4-5-14-13(8-11)16-10(3)17-14/h4-5,8-9,12H,6-7,15H2,1-3H3. The van der Waals surface area contributed by atoms with Crippen molar-refractivity contribution in [2.24, 2.45) is 11.7 Å². The molecule has 17 heavy (non-hydrogen) atoms. The molecule has 0 radical (unpaired) electrons. The van der Waals surface area contributed by atoms with Gasteiger partial charge in [0.1, 0.15) is 5.52 Å². The van der Waals surface area contributed by atoms with Crippen molar-refractivity contribution in [1.82, 2.24) is 4.98 Å². The van der Waals surface area contributed by atoms with Crippen molar-refractivity contribution < 1.29 is 4.42 Å². The van der Waals surface area contributed by atoms with Gasteiger partial charge in [-0.25, -0.2) is 4.98 Å². The van der Waals surface area contributed by atoms with E-state index in [4.69, 9.17) is 10.2 Å². The van der Waals surface area contributed by atoms with Crippen molar-refractivity contribution in [2.45, 2.75) is 33.1 Å². The molecule has 1 aromatic heterocycles. The van der Waals surface area contributed by atoms with Crippen molar-refractivity contribution in [3.63, 3.8) is 0 Å². The summed E-state index contributed by atoms with van der Waals surface area (Å²) in [7, 11) is 0. The Labute approximate surface area is 102 Å². The van der Waals surface area contributed by atoms with E-state index < -0.39 is 0 Å². The highest BCUT2D eigenvalue weighted by molar-refractivity contribution is 5.73. The van der Waals surface area contributed by atoms with Crippen LogP contribution in [0.5, 0.6) is 0 Å². The summed E-state index contributed by atoms with van der Waals surface area (Å²) in [5.41, 5.74) is 8.81. The summed E-state index contributed by atoms with van der Waals surface area (Å²) >= 11 is 0. The normalized spacial score (nSPS) is 13.5. The average Bonchev–Trinajstić information content (AvgIpc) is 2.64. The van der Waals surface area contributed by atoms with Gasteiger partial charge in [0.2, 0.25) is 0 Å². The molecule has 0 fully saturated rings. The summed E-state index contributed by atoms with van der Waals surface area (Å²) in [4.78, 5) is 4.38. The lowest BCUT2D eigenvalue weighted by Crippen LogP contribution is -2.12. The third-order valence-corrected chi connectivity index (χ3v) is 3.23. The van der Waals surface area contributed by atoms with Crippen molar-refractivity contribution in [1.29, 1.82) is 0 Å². The molecule has 0 aliphatic carbocycles. The highest BCUT2D eigenvalue weighted by atomic mass is 16.3. The molecule has 0 spiro atoms. The molecule has 1 aromatic carbocycles. The largest absolute Gasteiger partial charge is 0.441 e. The molecule has 92 valence electrons. The number of oxazole rings is 1. The summed E-state index contributed by atoms with van der Waals surface area (Å²) in [5, 5.41) is 0. The fourth-order valence-electron chi connectivity index (χ4n) is 2.35. The molecule has 3 nitrogen and oxygen atoms in total. The Hall–Kier alpha value is -1.35. The van der Waals surface area contributed by atoms with Gasteiger partial charge in [0.05, 0.1) is 0 Å². The minimum Gasteiger partial charge on any atom is -0.441 e. The average molecular weight is 232 g/mol. The van der Waals surface area contributed by atoms with Gasteiger partial charge in [-0.1, -0.05) is 19.9 Å². The van der Waals surface area contributed by atoms with Crippen LogP contribution in [0.25, 0.3) is 11.1 Å². The maximum Gasteiger partial charge on any atom is 0.192 e. The molecule has 2 N–H and O–H groups in total. The first kappa shape index (κ1) is 12.1. The number of aromatic nitrogens is 1. The Morgan fingerprint density at radius 1 is 1.35 bits per heavy atom. The van der Waals surface area contributed by atoms with Gasteiger partial charge in [-0.3, -0.25) is 0 Å². The summed E-state index contributed by atoms with van der Waals surface area (Å²) in [6.07, 6.45) is 1.01. The highest BCUT2D eigenvalue weighted by Crippen LogP contribution is 2.29. The van der Waals surface area contributed by atoms with E-state index in [1.807, 2.05) is 13.0 Å². The maximum atomic E-state index is 5.69. The van der Waals surface area contributed by atoms with Gasteiger partial charge in [0.15, 0.2) is 11.5 Å². The van der Waals surface area contributed by atoms with Gasteiger partial charge in [-0.05, 0) is 42.5 Å². The fraction of sp³-hybridized carbons (Fsp3) is 0.500. The van der Waals surface area contributed by atoms with E-state index in [0.29, 0.717) is 11.8 Å². The summed E-state index contributed by atoms with van der Waals surface area (Å²) in [6, 6.07) is 6.27. The van der Waals surface area contributed by atoms with Crippen LogP contribution in [0.4, 0.5) is 0 Å². The summed E-state index contributed by atoms with van der Waals surface area (Å²) in [6.45, 7) is 7.06. The maximum absolute atomic E-state index is 5.69. The fourth-order valence-corrected chi connectivity index (χ4v) is 2.35. The molecule has 2 rings (SSSR count). The third kappa shape index (κ3) is 2.50. The molecule has 2 aromatic rings. The molecule has 0 bridgehead atoms. The molecule has 0 aliphatic rings. The molecule has 1 unspecified atom stereocenters. The predicted molar refractivity (Wildman–Crippen MR) is 70.0 cm³/mol. The van der Waals surface area contributed by atoms with Crippen molar-refractivity contribution >= 4 is 11.1 Å². The van der Waals surface area contributed by atoms with Crippen molar-refractivity contribution in [3.05, 3.63) is 29.7 Å². The van der Waals surface area contributed by atoms with E-state index in [0.717, 1.165) is 30.0 Å². The van der Waals surface area contributed by atoms with E-state index in [1.165, 1.54) is 5.56 Å². The van der Waals surface area contributed by atoms with Crippen molar-refractivity contribution in [3.8, 4) is 0 Å². The van der Waals surface area contributed by atoms with Crippen LogP contribution in [-0.2, 0) is 0 Å². The SMILES string of the molecule is Cc1nc2cc(C(CCN)C(C)C)ccc2o1. The molecule has 1 atom stereocenters. The predicted octanol–water partition coefficient (Wildman–Crippen LogP) is 3.22. The van der Waals surface area contributed by atoms with Gasteiger partial charge in [-0.15, -0.1) is 0 Å². The number of fused-ring (bicyclic) bond motifs is 1. The highest BCUT2D eigenvalue weighted by Gasteiger charge is 2.16. The van der Waals surface area contributed by atoms with E-state index in [1.54, 1.807) is 0 Å². The Morgan fingerprint density at radius 3 is 2.76 bits per heavy atom. The molecule has 1 heterocycles. The first-order chi connectivity index (χ1) is 8.11. The van der Waals surface area contributed by atoms with Crippen molar-refractivity contribution in [2.75, 3.05) is 6.54 Å². The number of rotatable bonds is 4. The smallest absolute Gasteiger partial charge is 0.192 e. The van der Waals surface area contributed by atoms with Gasteiger partial charge in [-0.2, -0.15) is 0 Å². The number of aryl methyl sites for hydroxylation is 1. The zero-order valence-corrected chi connectivity index (χ0v) is 10.7. The number of hydrogen-bond donors (Lipinski definition) is 1. The molecular weight excluding hydrogens is 212 g/mol. The lowest BCUT2D eigenvalue weighted by Gasteiger charge is -2.20. The van der Waals surface area contributed by atoms with E-state index in [-0.39, 0.29) is 0 Å². The van der Waals surface area contributed by atoms with Crippen LogP contribution in [-0.4, -0.2) is 11.5 Å². The lowest BCUT2D eigenvalue weighted by molar-refractivity contribution is 0.473. The van der Waals surface area contributed by atoms with Gasteiger partial charge >= 0.3 is 0 Å². The van der Waals surface area contributed by atoms with Crippen LogP contribution in [0, 0.1) is 12.8 Å². The number of nitrogens with zero attached hydrogens (tertiary/aromatic N) is 1. The Bertz CT molecular complexity index is 502. The molecule has 3 heteroatoms. The van der Waals surface area contributed by atoms with Gasteiger partial charge in [0.25, 0.3) is 0 Å². The number of benzene rings is 1. The van der Waals surface area contributed by atoms with Crippen LogP contribution >= 0.6 is 0 Å². The van der Waals surface area contributed by atoms with E-state index in [9.17, 15) is 0 Å². The second-order valence-corrected chi connectivity index (χ2v) is 4.89. The van der Waals surface area contributed by atoms with Crippen LogP contribution in [0.2, 0.25) is 0 Å². The third-order valence-electron chi connectivity index (χ3n) is 3.23. The van der Waals surface area contributed by atoms with E-state index >= 15 is 0 Å². The Balaban J connectivity index is 2.39. The van der Waals surface area contributed by atoms with E-state index in [2.05, 4.69) is 31.0 Å². The zero-order valence-electron chi connectivity index (χ0n) is 10.7. The molecule has 0 aliphatic heterocycles. The minimum absolute atomic E-state index is 0.501. The summed E-state index contributed by atoms with van der Waals surface area (Å²) in [5.74, 6) is 1.81. The van der Waals surface area contributed by atoms with Gasteiger partial charge in [0, 0.05) is 6.92 Å². The number of hydrogen-bond acceptors (Lipinski definition) is 3. The first-order valence-electron chi connectivity index (χ1n) is 6.19. The molecule has 0 amide bonds. The minimum atomic E-state index is 0.501. The zero-order chi connectivity index (χ0) is 12.4. The lowest BCUT2D eigenvalue weighted by atomic mass is 9.86. The van der Waals surface area contributed by atoms with Crippen LogP contribution < -0.4 is 5.73 Å².